The molecule has 1 aromatic heterocycles. The lowest BCUT2D eigenvalue weighted by molar-refractivity contribution is -0.126. The second kappa shape index (κ2) is 7.31. The van der Waals surface area contributed by atoms with Crippen LogP contribution < -0.4 is 10.5 Å². The van der Waals surface area contributed by atoms with E-state index < -0.39 is 17.7 Å². The molecule has 0 saturated carbocycles. The van der Waals surface area contributed by atoms with Gasteiger partial charge in [-0.2, -0.15) is 0 Å². The summed E-state index contributed by atoms with van der Waals surface area (Å²) in [6.45, 7) is 2.08. The van der Waals surface area contributed by atoms with Crippen molar-refractivity contribution in [3.63, 3.8) is 0 Å². The zero-order chi connectivity index (χ0) is 19.7. The number of ether oxygens (including phenoxy) is 1. The summed E-state index contributed by atoms with van der Waals surface area (Å²) in [6, 6.07) is 16.0. The molecule has 1 atom stereocenters. The smallest absolute Gasteiger partial charge is 0.351 e. The Morgan fingerprint density at radius 2 is 1.86 bits per heavy atom. The first kappa shape index (κ1) is 18.0. The van der Waals surface area contributed by atoms with E-state index in [1.165, 1.54) is 13.0 Å². The lowest BCUT2D eigenvalue weighted by atomic mass is 10.0. The summed E-state index contributed by atoms with van der Waals surface area (Å²) in [7, 11) is 0. The Bertz CT molecular complexity index is 1120. The second-order valence-corrected chi connectivity index (χ2v) is 6.76. The molecule has 6 heteroatoms. The molecule has 2 heterocycles. The van der Waals surface area contributed by atoms with Crippen molar-refractivity contribution in [3.05, 3.63) is 76.1 Å². The molecule has 3 aromatic rings. The lowest BCUT2D eigenvalue weighted by Crippen LogP contribution is -2.43. The Labute approximate surface area is 161 Å². The molecule has 0 radical (unpaired) electrons. The minimum Gasteiger partial charge on any atom is -0.449 e. The SMILES string of the molecule is C[C@@H](OC(=O)c1cc2ccccc2oc1=O)C(=O)N1CCCc2ccccc21. The van der Waals surface area contributed by atoms with Crippen molar-refractivity contribution in [2.24, 2.45) is 0 Å². The number of fused-ring (bicyclic) bond motifs is 2. The lowest BCUT2D eigenvalue weighted by Gasteiger charge is -2.31. The van der Waals surface area contributed by atoms with E-state index in [1.807, 2.05) is 24.3 Å². The van der Waals surface area contributed by atoms with Crippen LogP contribution in [0.3, 0.4) is 0 Å². The fourth-order valence-corrected chi connectivity index (χ4v) is 3.46. The van der Waals surface area contributed by atoms with Gasteiger partial charge in [-0.05, 0) is 43.5 Å². The molecule has 4 rings (SSSR count). The predicted octanol–water partition coefficient (Wildman–Crippen LogP) is 3.32. The largest absolute Gasteiger partial charge is 0.449 e. The van der Waals surface area contributed by atoms with Gasteiger partial charge < -0.3 is 14.1 Å². The number of nitrogens with zero attached hydrogens (tertiary/aromatic N) is 1. The van der Waals surface area contributed by atoms with Crippen molar-refractivity contribution in [3.8, 4) is 0 Å². The van der Waals surface area contributed by atoms with Gasteiger partial charge >= 0.3 is 11.6 Å². The summed E-state index contributed by atoms with van der Waals surface area (Å²) in [5.74, 6) is -1.18. The number of hydrogen-bond acceptors (Lipinski definition) is 5. The maximum atomic E-state index is 12.9. The van der Waals surface area contributed by atoms with E-state index >= 15 is 0 Å². The molecule has 1 aliphatic heterocycles. The third kappa shape index (κ3) is 3.29. The monoisotopic (exact) mass is 377 g/mol. The maximum absolute atomic E-state index is 12.9. The summed E-state index contributed by atoms with van der Waals surface area (Å²) in [4.78, 5) is 39.1. The van der Waals surface area contributed by atoms with E-state index in [-0.39, 0.29) is 11.5 Å². The molecule has 28 heavy (non-hydrogen) atoms. The van der Waals surface area contributed by atoms with Crippen molar-refractivity contribution in [2.45, 2.75) is 25.9 Å². The van der Waals surface area contributed by atoms with Gasteiger partial charge in [-0.1, -0.05) is 36.4 Å². The highest BCUT2D eigenvalue weighted by Crippen LogP contribution is 2.27. The fraction of sp³-hybridized carbons (Fsp3) is 0.227. The molecule has 2 aromatic carbocycles. The van der Waals surface area contributed by atoms with Gasteiger partial charge in [0.05, 0.1) is 0 Å². The topological polar surface area (TPSA) is 76.8 Å². The molecule has 0 saturated heterocycles. The summed E-state index contributed by atoms with van der Waals surface area (Å²) in [5.41, 5.74) is 1.31. The molecule has 0 spiro atoms. The van der Waals surface area contributed by atoms with E-state index in [0.29, 0.717) is 17.5 Å². The minimum atomic E-state index is -1.02. The van der Waals surface area contributed by atoms with Gasteiger partial charge in [0, 0.05) is 17.6 Å². The van der Waals surface area contributed by atoms with Crippen molar-refractivity contribution in [1.29, 1.82) is 0 Å². The molecular formula is C22H19NO5. The minimum absolute atomic E-state index is 0.225. The summed E-state index contributed by atoms with van der Waals surface area (Å²) < 4.78 is 10.5. The molecule has 1 amide bonds. The molecule has 0 unspecified atom stereocenters. The highest BCUT2D eigenvalue weighted by molar-refractivity contribution is 6.00. The number of rotatable bonds is 3. The number of para-hydroxylation sites is 2. The van der Waals surface area contributed by atoms with Crippen LogP contribution in [0.1, 0.15) is 29.3 Å². The number of esters is 1. The number of carbonyl (C=O) groups is 2. The molecular weight excluding hydrogens is 358 g/mol. The number of anilines is 1. The Kier molecular flexibility index (Phi) is 4.69. The van der Waals surface area contributed by atoms with Crippen LogP contribution in [0.4, 0.5) is 5.69 Å². The van der Waals surface area contributed by atoms with E-state index in [2.05, 4.69) is 0 Å². The second-order valence-electron chi connectivity index (χ2n) is 6.76. The van der Waals surface area contributed by atoms with Crippen LogP contribution in [0.5, 0.6) is 0 Å². The van der Waals surface area contributed by atoms with E-state index in [9.17, 15) is 14.4 Å². The highest BCUT2D eigenvalue weighted by atomic mass is 16.5. The standard InChI is InChI=1S/C22H19NO5/c1-14(20(24)23-12-6-9-15-7-2-4-10-18(15)23)27-21(25)17-13-16-8-3-5-11-19(16)28-22(17)26/h2-5,7-8,10-11,13-14H,6,9,12H2,1H3/t14-/m1/s1. The van der Waals surface area contributed by atoms with Gasteiger partial charge in [0.25, 0.3) is 5.91 Å². The van der Waals surface area contributed by atoms with Crippen LogP contribution in [0.2, 0.25) is 0 Å². The predicted molar refractivity (Wildman–Crippen MR) is 104 cm³/mol. The average molecular weight is 377 g/mol. The Hall–Kier alpha value is -3.41. The van der Waals surface area contributed by atoms with Gasteiger partial charge in [-0.3, -0.25) is 4.79 Å². The number of hydrogen-bond donors (Lipinski definition) is 0. The zero-order valence-electron chi connectivity index (χ0n) is 15.4. The summed E-state index contributed by atoms with van der Waals surface area (Å²) >= 11 is 0. The van der Waals surface area contributed by atoms with E-state index in [0.717, 1.165) is 24.1 Å². The van der Waals surface area contributed by atoms with Gasteiger partial charge in [-0.15, -0.1) is 0 Å². The third-order valence-electron chi connectivity index (χ3n) is 4.87. The van der Waals surface area contributed by atoms with Crippen molar-refractivity contribution in [2.75, 3.05) is 11.4 Å². The Morgan fingerprint density at radius 3 is 2.71 bits per heavy atom. The first-order chi connectivity index (χ1) is 13.5. The van der Waals surface area contributed by atoms with Crippen molar-refractivity contribution < 1.29 is 18.7 Å². The highest BCUT2D eigenvalue weighted by Gasteiger charge is 2.29. The molecule has 142 valence electrons. The molecule has 6 nitrogen and oxygen atoms in total. The van der Waals surface area contributed by atoms with Crippen LogP contribution in [0, 0.1) is 0 Å². The van der Waals surface area contributed by atoms with Gasteiger partial charge in [0.2, 0.25) is 0 Å². The van der Waals surface area contributed by atoms with Crippen molar-refractivity contribution in [1.82, 2.24) is 0 Å². The number of carbonyl (C=O) groups excluding carboxylic acids is 2. The van der Waals surface area contributed by atoms with Crippen LogP contribution >= 0.6 is 0 Å². The number of benzene rings is 2. The number of amides is 1. The van der Waals surface area contributed by atoms with Crippen molar-refractivity contribution >= 4 is 28.5 Å². The molecule has 0 N–H and O–H groups in total. The average Bonchev–Trinajstić information content (AvgIpc) is 2.72. The zero-order valence-corrected chi connectivity index (χ0v) is 15.4. The maximum Gasteiger partial charge on any atom is 0.351 e. The van der Waals surface area contributed by atoms with Crippen LogP contribution in [0.15, 0.2) is 63.8 Å². The van der Waals surface area contributed by atoms with E-state index in [4.69, 9.17) is 9.15 Å². The summed E-state index contributed by atoms with van der Waals surface area (Å²) in [5, 5.41) is 0.609. The van der Waals surface area contributed by atoms with Crippen LogP contribution in [0.25, 0.3) is 11.0 Å². The molecule has 0 fully saturated rings. The van der Waals surface area contributed by atoms with Crippen LogP contribution in [-0.2, 0) is 16.0 Å². The first-order valence-electron chi connectivity index (χ1n) is 9.18. The third-order valence-corrected chi connectivity index (χ3v) is 4.87. The first-order valence-corrected chi connectivity index (χ1v) is 9.18. The van der Waals surface area contributed by atoms with Crippen LogP contribution in [-0.4, -0.2) is 24.5 Å². The molecule has 1 aliphatic rings. The van der Waals surface area contributed by atoms with Gasteiger partial charge in [-0.25, -0.2) is 9.59 Å². The quantitative estimate of drug-likeness (QED) is 0.517. The van der Waals surface area contributed by atoms with Gasteiger partial charge in [0.1, 0.15) is 11.1 Å². The Balaban J connectivity index is 1.55. The Morgan fingerprint density at radius 1 is 1.11 bits per heavy atom. The molecule has 0 aliphatic carbocycles. The number of aryl methyl sites for hydroxylation is 1. The fourth-order valence-electron chi connectivity index (χ4n) is 3.46. The summed E-state index contributed by atoms with van der Waals surface area (Å²) in [6.07, 6.45) is 0.730. The van der Waals surface area contributed by atoms with E-state index in [1.54, 1.807) is 29.2 Å². The van der Waals surface area contributed by atoms with Gasteiger partial charge in [0.15, 0.2) is 6.10 Å². The molecule has 0 bridgehead atoms. The normalized spacial score (nSPS) is 14.4.